The molecule has 2 heterocycles. The van der Waals surface area contributed by atoms with Crippen LogP contribution < -0.4 is 10.1 Å². The van der Waals surface area contributed by atoms with Crippen molar-refractivity contribution in [1.82, 2.24) is 4.98 Å². The van der Waals surface area contributed by atoms with Crippen LogP contribution in [-0.4, -0.2) is 24.7 Å². The van der Waals surface area contributed by atoms with Crippen LogP contribution in [0.3, 0.4) is 0 Å². The number of aromatic nitrogens is 1. The lowest BCUT2D eigenvalue weighted by Gasteiger charge is -2.11. The van der Waals surface area contributed by atoms with Crippen molar-refractivity contribution < 1.29 is 14.3 Å². The molecule has 1 aliphatic heterocycles. The van der Waals surface area contributed by atoms with Crippen molar-refractivity contribution in [3.05, 3.63) is 51.6 Å². The third kappa shape index (κ3) is 2.92. The van der Waals surface area contributed by atoms with Crippen LogP contribution >= 0.6 is 15.9 Å². The fraction of sp³-hybridized carbons (Fsp3) is 0.250. The summed E-state index contributed by atoms with van der Waals surface area (Å²) < 4.78 is 11.4. The average molecular weight is 363 g/mol. The van der Waals surface area contributed by atoms with Crippen LogP contribution in [-0.2, 0) is 17.7 Å². The zero-order valence-electron chi connectivity index (χ0n) is 12.1. The number of carbonyl (C=O) groups is 1. The van der Waals surface area contributed by atoms with Crippen molar-refractivity contribution in [1.29, 1.82) is 0 Å². The lowest BCUT2D eigenvalue weighted by molar-refractivity contribution is 0.0600. The highest BCUT2D eigenvalue weighted by atomic mass is 79.9. The van der Waals surface area contributed by atoms with Crippen LogP contribution in [0.25, 0.3) is 0 Å². The molecule has 1 aliphatic rings. The van der Waals surface area contributed by atoms with Gasteiger partial charge in [0.05, 0.1) is 19.3 Å². The fourth-order valence-corrected chi connectivity index (χ4v) is 2.87. The van der Waals surface area contributed by atoms with E-state index in [9.17, 15) is 4.79 Å². The summed E-state index contributed by atoms with van der Waals surface area (Å²) in [6.07, 6.45) is 2.66. The summed E-state index contributed by atoms with van der Waals surface area (Å²) in [6, 6.07) is 7.31. The number of hydrogen-bond acceptors (Lipinski definition) is 5. The molecule has 22 heavy (non-hydrogen) atoms. The largest absolute Gasteiger partial charge is 0.489 e. The smallest absolute Gasteiger partial charge is 0.337 e. The Morgan fingerprint density at radius 1 is 1.50 bits per heavy atom. The number of methoxy groups -OCH3 is 1. The van der Waals surface area contributed by atoms with Crippen LogP contribution in [0.15, 0.2) is 34.9 Å². The highest BCUT2D eigenvalue weighted by Crippen LogP contribution is 2.36. The van der Waals surface area contributed by atoms with Gasteiger partial charge in [-0.05, 0) is 33.6 Å². The van der Waals surface area contributed by atoms with Crippen molar-refractivity contribution in [2.75, 3.05) is 19.0 Å². The van der Waals surface area contributed by atoms with E-state index in [1.54, 1.807) is 18.3 Å². The van der Waals surface area contributed by atoms with Gasteiger partial charge in [0, 0.05) is 29.2 Å². The molecule has 114 valence electrons. The lowest BCUT2D eigenvalue weighted by atomic mass is 10.1. The molecule has 2 aromatic rings. The molecular formula is C16H15BrN2O3. The average Bonchev–Trinajstić information content (AvgIpc) is 3.04. The van der Waals surface area contributed by atoms with E-state index in [1.807, 2.05) is 12.1 Å². The van der Waals surface area contributed by atoms with Gasteiger partial charge in [0.25, 0.3) is 0 Å². The molecule has 3 rings (SSSR count). The van der Waals surface area contributed by atoms with Crippen molar-refractivity contribution in [3.63, 3.8) is 0 Å². The second-order valence-electron chi connectivity index (χ2n) is 4.91. The van der Waals surface area contributed by atoms with E-state index in [0.29, 0.717) is 18.7 Å². The topological polar surface area (TPSA) is 60.5 Å². The number of benzene rings is 1. The van der Waals surface area contributed by atoms with Crippen LogP contribution in [0, 0.1) is 0 Å². The number of rotatable bonds is 4. The molecule has 1 aromatic carbocycles. The maximum atomic E-state index is 11.6. The molecule has 0 saturated heterocycles. The zero-order valence-corrected chi connectivity index (χ0v) is 13.6. The maximum Gasteiger partial charge on any atom is 0.337 e. The Labute approximate surface area is 136 Å². The van der Waals surface area contributed by atoms with Gasteiger partial charge in [-0.2, -0.15) is 0 Å². The molecule has 0 unspecified atom stereocenters. The normalized spacial score (nSPS) is 12.5. The maximum absolute atomic E-state index is 11.6. The van der Waals surface area contributed by atoms with Crippen molar-refractivity contribution in [3.8, 4) is 5.75 Å². The first kappa shape index (κ1) is 14.8. The summed E-state index contributed by atoms with van der Waals surface area (Å²) in [5.74, 6) is 1.19. The standard InChI is InChI=1S/C16H15BrN2O3/c1-21-16(20)11-4-2-3-10(7-11)8-18-15-14-12(5-6-22-14)13(17)9-19-15/h2-4,7,9H,5-6,8H2,1H3,(H,18,19). The lowest BCUT2D eigenvalue weighted by Crippen LogP contribution is -2.06. The summed E-state index contributed by atoms with van der Waals surface area (Å²) in [5, 5.41) is 3.26. The van der Waals surface area contributed by atoms with Crippen molar-refractivity contribution in [2.45, 2.75) is 13.0 Å². The molecule has 6 heteroatoms. The van der Waals surface area contributed by atoms with Gasteiger partial charge in [-0.3, -0.25) is 0 Å². The molecule has 1 N–H and O–H groups in total. The Bertz CT molecular complexity index is 719. The summed E-state index contributed by atoms with van der Waals surface area (Å²) in [5.41, 5.74) is 2.65. The second kappa shape index (κ2) is 6.36. The number of esters is 1. The number of nitrogens with one attached hydrogen (secondary N) is 1. The van der Waals surface area contributed by atoms with E-state index >= 15 is 0 Å². The van der Waals surface area contributed by atoms with Crippen LogP contribution in [0.1, 0.15) is 21.5 Å². The quantitative estimate of drug-likeness (QED) is 0.846. The third-order valence-corrected chi connectivity index (χ3v) is 4.17. The summed E-state index contributed by atoms with van der Waals surface area (Å²) in [6.45, 7) is 1.22. The minimum atomic E-state index is -0.340. The van der Waals surface area contributed by atoms with E-state index in [1.165, 1.54) is 7.11 Å². The van der Waals surface area contributed by atoms with Crippen molar-refractivity contribution in [2.24, 2.45) is 0 Å². The number of fused-ring (bicyclic) bond motifs is 1. The van der Waals surface area contributed by atoms with Crippen molar-refractivity contribution >= 4 is 27.7 Å². The minimum absolute atomic E-state index is 0.340. The molecule has 0 amide bonds. The molecule has 5 nitrogen and oxygen atoms in total. The number of pyridine rings is 1. The Hall–Kier alpha value is -2.08. The highest BCUT2D eigenvalue weighted by Gasteiger charge is 2.20. The van der Waals surface area contributed by atoms with E-state index in [-0.39, 0.29) is 5.97 Å². The second-order valence-corrected chi connectivity index (χ2v) is 5.76. The first-order chi connectivity index (χ1) is 10.7. The first-order valence-electron chi connectivity index (χ1n) is 6.90. The van der Waals surface area contributed by atoms with Gasteiger partial charge in [-0.25, -0.2) is 9.78 Å². The van der Waals surface area contributed by atoms with Gasteiger partial charge >= 0.3 is 5.97 Å². The number of halogens is 1. The minimum Gasteiger partial charge on any atom is -0.489 e. The number of hydrogen-bond donors (Lipinski definition) is 1. The van der Waals surface area contributed by atoms with Gasteiger partial charge in [0.15, 0.2) is 11.6 Å². The summed E-state index contributed by atoms with van der Waals surface area (Å²) in [4.78, 5) is 15.9. The van der Waals surface area contributed by atoms with Crippen LogP contribution in [0.4, 0.5) is 5.82 Å². The van der Waals surface area contributed by atoms with E-state index in [0.717, 1.165) is 33.6 Å². The van der Waals surface area contributed by atoms with Gasteiger partial charge in [0.2, 0.25) is 0 Å². The molecular weight excluding hydrogens is 348 g/mol. The number of anilines is 1. The Balaban J connectivity index is 1.76. The summed E-state index contributed by atoms with van der Waals surface area (Å²) >= 11 is 3.49. The molecule has 0 radical (unpaired) electrons. The third-order valence-electron chi connectivity index (χ3n) is 3.49. The number of carbonyl (C=O) groups excluding carboxylic acids is 1. The first-order valence-corrected chi connectivity index (χ1v) is 7.69. The molecule has 0 atom stereocenters. The van der Waals surface area contributed by atoms with E-state index in [2.05, 4.69) is 26.2 Å². The fourth-order valence-electron chi connectivity index (χ4n) is 2.39. The predicted molar refractivity (Wildman–Crippen MR) is 86.2 cm³/mol. The van der Waals surface area contributed by atoms with Crippen LogP contribution in [0.2, 0.25) is 0 Å². The molecule has 0 bridgehead atoms. The predicted octanol–water partition coefficient (Wildman–Crippen LogP) is 3.18. The summed E-state index contributed by atoms with van der Waals surface area (Å²) in [7, 11) is 1.37. The monoisotopic (exact) mass is 362 g/mol. The Morgan fingerprint density at radius 3 is 3.18 bits per heavy atom. The number of ether oxygens (including phenoxy) is 2. The Kier molecular flexibility index (Phi) is 4.29. The van der Waals surface area contributed by atoms with Gasteiger partial charge < -0.3 is 14.8 Å². The SMILES string of the molecule is COC(=O)c1cccc(CNc2ncc(Br)c3c2OCC3)c1. The van der Waals surface area contributed by atoms with Crippen LogP contribution in [0.5, 0.6) is 5.75 Å². The van der Waals surface area contributed by atoms with Gasteiger partial charge in [0.1, 0.15) is 0 Å². The number of nitrogens with zero attached hydrogens (tertiary/aromatic N) is 1. The molecule has 1 aromatic heterocycles. The van der Waals surface area contributed by atoms with E-state index in [4.69, 9.17) is 9.47 Å². The zero-order chi connectivity index (χ0) is 15.5. The Morgan fingerprint density at radius 2 is 2.36 bits per heavy atom. The van der Waals surface area contributed by atoms with E-state index < -0.39 is 0 Å². The van der Waals surface area contributed by atoms with Gasteiger partial charge in [-0.15, -0.1) is 0 Å². The molecule has 0 aliphatic carbocycles. The van der Waals surface area contributed by atoms with Gasteiger partial charge in [-0.1, -0.05) is 12.1 Å². The molecule has 0 spiro atoms. The molecule has 0 saturated carbocycles. The highest BCUT2D eigenvalue weighted by molar-refractivity contribution is 9.10. The molecule has 0 fully saturated rings.